The van der Waals surface area contributed by atoms with E-state index in [0.29, 0.717) is 24.6 Å². The van der Waals surface area contributed by atoms with Gasteiger partial charge in [0.1, 0.15) is 11.6 Å². The van der Waals surface area contributed by atoms with Gasteiger partial charge in [0, 0.05) is 43.8 Å². The number of carbonyl (C=O) groups is 1. The molecule has 5 nitrogen and oxygen atoms in total. The monoisotopic (exact) mass is 515 g/mol. The van der Waals surface area contributed by atoms with Crippen LogP contribution in [0.4, 0.5) is 10.1 Å². The molecule has 1 fully saturated rings. The summed E-state index contributed by atoms with van der Waals surface area (Å²) in [6.45, 7) is 13.3. The number of hydrogen-bond donors (Lipinski definition) is 1. The van der Waals surface area contributed by atoms with Gasteiger partial charge in [0.2, 0.25) is 0 Å². The number of hydrogen-bond acceptors (Lipinski definition) is 4. The molecule has 0 spiro atoms. The average molecular weight is 516 g/mol. The number of para-hydroxylation sites is 1. The zero-order valence-electron chi connectivity index (χ0n) is 22.6. The van der Waals surface area contributed by atoms with E-state index < -0.39 is 5.82 Å². The van der Waals surface area contributed by atoms with Gasteiger partial charge in [0.05, 0.1) is 11.7 Å². The van der Waals surface area contributed by atoms with E-state index in [2.05, 4.69) is 30.2 Å². The molecule has 3 aromatic carbocycles. The summed E-state index contributed by atoms with van der Waals surface area (Å²) in [6, 6.07) is 21.8. The number of phenols is 1. The third-order valence-electron chi connectivity index (χ3n) is 7.33. The van der Waals surface area contributed by atoms with Crippen LogP contribution in [0, 0.1) is 5.82 Å². The second kappa shape index (κ2) is 12.4. The largest absolute Gasteiger partial charge is 0.508 e. The van der Waals surface area contributed by atoms with Crippen molar-refractivity contribution < 1.29 is 14.3 Å². The molecular weight excluding hydrogens is 477 g/mol. The Morgan fingerprint density at radius 3 is 2.45 bits per heavy atom. The van der Waals surface area contributed by atoms with E-state index in [9.17, 15) is 14.3 Å². The number of phenolic OH excluding ortho intramolecular Hbond substituents is 1. The highest BCUT2D eigenvalue weighted by atomic mass is 19.1. The fourth-order valence-corrected chi connectivity index (χ4v) is 5.50. The van der Waals surface area contributed by atoms with Gasteiger partial charge >= 0.3 is 0 Å². The molecule has 1 saturated heterocycles. The Balaban J connectivity index is 1.74. The Kier molecular flexibility index (Phi) is 8.97. The molecule has 0 bridgehead atoms. The van der Waals surface area contributed by atoms with Crippen LogP contribution in [0.15, 0.2) is 85.5 Å². The van der Waals surface area contributed by atoms with E-state index in [1.165, 1.54) is 11.0 Å². The van der Waals surface area contributed by atoms with Crippen LogP contribution in [0.2, 0.25) is 0 Å². The first-order valence-electron chi connectivity index (χ1n) is 13.4. The number of nitrogens with zero attached hydrogens (tertiary/aromatic N) is 3. The summed E-state index contributed by atoms with van der Waals surface area (Å²) in [7, 11) is 0. The van der Waals surface area contributed by atoms with Crippen molar-refractivity contribution in [2.45, 2.75) is 45.3 Å². The molecular formula is C32H38FN3O2. The van der Waals surface area contributed by atoms with Crippen LogP contribution < -0.4 is 4.90 Å². The topological polar surface area (TPSA) is 47.0 Å². The van der Waals surface area contributed by atoms with Gasteiger partial charge in [-0.25, -0.2) is 4.39 Å². The van der Waals surface area contributed by atoms with E-state index in [1.807, 2.05) is 43.3 Å². The third-order valence-corrected chi connectivity index (χ3v) is 7.33. The SMILES string of the molecule is C=CCN1C[C@H](C)N([C@@H](c2cccc(O)c2)c2cccc(C(=O)N(CCC)c3ccccc3F)c2)C[C@H]1C. The van der Waals surface area contributed by atoms with E-state index in [-0.39, 0.29) is 29.4 Å². The Labute approximate surface area is 225 Å². The van der Waals surface area contributed by atoms with Crippen LogP contribution >= 0.6 is 0 Å². The molecule has 3 atom stereocenters. The summed E-state index contributed by atoms with van der Waals surface area (Å²) in [4.78, 5) is 20.1. The molecule has 1 aliphatic heterocycles. The number of anilines is 1. The van der Waals surface area contributed by atoms with Crippen LogP contribution in [-0.2, 0) is 0 Å². The van der Waals surface area contributed by atoms with Crippen LogP contribution in [0.3, 0.4) is 0 Å². The summed E-state index contributed by atoms with van der Waals surface area (Å²) in [5.74, 6) is -0.437. The van der Waals surface area contributed by atoms with Gasteiger partial charge in [-0.2, -0.15) is 0 Å². The second-order valence-corrected chi connectivity index (χ2v) is 10.2. The van der Waals surface area contributed by atoms with Crippen molar-refractivity contribution in [3.63, 3.8) is 0 Å². The first kappa shape index (κ1) is 27.6. The van der Waals surface area contributed by atoms with Gasteiger partial charge in [-0.3, -0.25) is 14.6 Å². The maximum absolute atomic E-state index is 14.7. The molecule has 1 amide bonds. The van der Waals surface area contributed by atoms with Gasteiger partial charge in [-0.1, -0.05) is 49.4 Å². The maximum atomic E-state index is 14.7. The highest BCUT2D eigenvalue weighted by molar-refractivity contribution is 6.06. The normalized spacial score (nSPS) is 19.2. The van der Waals surface area contributed by atoms with E-state index >= 15 is 0 Å². The molecule has 4 rings (SSSR count). The molecule has 1 aliphatic rings. The second-order valence-electron chi connectivity index (χ2n) is 10.2. The smallest absolute Gasteiger partial charge is 0.258 e. The Morgan fingerprint density at radius 2 is 1.76 bits per heavy atom. The number of amides is 1. The van der Waals surface area contributed by atoms with Crippen LogP contribution in [0.25, 0.3) is 0 Å². The lowest BCUT2D eigenvalue weighted by molar-refractivity contribution is 0.0306. The molecule has 0 unspecified atom stereocenters. The molecule has 6 heteroatoms. The van der Waals surface area contributed by atoms with Crippen LogP contribution in [0.1, 0.15) is 54.7 Å². The molecule has 1 heterocycles. The van der Waals surface area contributed by atoms with Crippen molar-refractivity contribution in [1.29, 1.82) is 0 Å². The lowest BCUT2D eigenvalue weighted by atomic mass is 9.92. The lowest BCUT2D eigenvalue weighted by Crippen LogP contribution is -2.57. The quantitative estimate of drug-likeness (QED) is 0.342. The summed E-state index contributed by atoms with van der Waals surface area (Å²) in [5.41, 5.74) is 2.72. The van der Waals surface area contributed by atoms with Gasteiger partial charge in [0.15, 0.2) is 0 Å². The first-order valence-corrected chi connectivity index (χ1v) is 13.4. The molecule has 3 aromatic rings. The van der Waals surface area contributed by atoms with Gasteiger partial charge in [0.25, 0.3) is 5.91 Å². The molecule has 0 saturated carbocycles. The van der Waals surface area contributed by atoms with Gasteiger partial charge in [-0.15, -0.1) is 6.58 Å². The van der Waals surface area contributed by atoms with E-state index in [4.69, 9.17) is 0 Å². The van der Waals surface area contributed by atoms with E-state index in [0.717, 1.165) is 30.8 Å². The molecule has 1 N–H and O–H groups in total. The van der Waals surface area contributed by atoms with Crippen molar-refractivity contribution in [3.05, 3.63) is 108 Å². The van der Waals surface area contributed by atoms with Crippen LogP contribution in [0.5, 0.6) is 5.75 Å². The fraction of sp³-hybridized carbons (Fsp3) is 0.344. The van der Waals surface area contributed by atoms with Crippen molar-refractivity contribution in [2.75, 3.05) is 31.1 Å². The summed E-state index contributed by atoms with van der Waals surface area (Å²) >= 11 is 0. The number of halogens is 1. The zero-order valence-corrected chi connectivity index (χ0v) is 22.6. The predicted octanol–water partition coefficient (Wildman–Crippen LogP) is 6.26. The molecule has 0 aromatic heterocycles. The number of benzene rings is 3. The predicted molar refractivity (Wildman–Crippen MR) is 152 cm³/mol. The van der Waals surface area contributed by atoms with Crippen LogP contribution in [-0.4, -0.2) is 59.1 Å². The molecule has 0 aliphatic carbocycles. The third kappa shape index (κ3) is 5.98. The molecule has 200 valence electrons. The number of rotatable bonds is 9. The summed E-state index contributed by atoms with van der Waals surface area (Å²) in [5, 5.41) is 10.3. The molecule has 38 heavy (non-hydrogen) atoms. The zero-order chi connectivity index (χ0) is 27.2. The van der Waals surface area contributed by atoms with E-state index in [1.54, 1.807) is 36.4 Å². The highest BCUT2D eigenvalue weighted by Gasteiger charge is 2.35. The fourth-order valence-electron chi connectivity index (χ4n) is 5.50. The van der Waals surface area contributed by atoms with Crippen molar-refractivity contribution in [1.82, 2.24) is 9.80 Å². The van der Waals surface area contributed by atoms with Gasteiger partial charge < -0.3 is 10.0 Å². The Bertz CT molecular complexity index is 1260. The Morgan fingerprint density at radius 1 is 1.05 bits per heavy atom. The van der Waals surface area contributed by atoms with Crippen molar-refractivity contribution >= 4 is 11.6 Å². The first-order chi connectivity index (χ1) is 18.3. The number of aromatic hydroxyl groups is 1. The molecule has 0 radical (unpaired) electrons. The number of carbonyl (C=O) groups excluding carboxylic acids is 1. The summed E-state index contributed by atoms with van der Waals surface area (Å²) in [6.07, 6.45) is 2.65. The summed E-state index contributed by atoms with van der Waals surface area (Å²) < 4.78 is 14.7. The average Bonchev–Trinajstić information content (AvgIpc) is 2.91. The lowest BCUT2D eigenvalue weighted by Gasteiger charge is -2.47. The minimum atomic E-state index is -0.414. The van der Waals surface area contributed by atoms with Gasteiger partial charge in [-0.05, 0) is 67.8 Å². The van der Waals surface area contributed by atoms with Crippen molar-refractivity contribution in [2.24, 2.45) is 0 Å². The minimum absolute atomic E-state index is 0.161. The minimum Gasteiger partial charge on any atom is -0.508 e. The maximum Gasteiger partial charge on any atom is 0.258 e. The highest BCUT2D eigenvalue weighted by Crippen LogP contribution is 2.35. The standard InChI is InChI=1S/C32H38FN3O2/c1-5-17-34-21-24(4)36(22-23(34)3)31(26-12-10-14-28(37)20-26)25-11-9-13-27(19-25)32(38)35(18-6-2)30-16-8-7-15-29(30)33/h5,7-16,19-20,23-24,31,37H,1,6,17-18,21-22H2,2-4H3/t23-,24+,31-/m1/s1. The van der Waals surface area contributed by atoms with Crippen molar-refractivity contribution in [3.8, 4) is 5.75 Å². The Hall–Kier alpha value is -3.48. The number of piperazine rings is 1.